The summed E-state index contributed by atoms with van der Waals surface area (Å²) in [6.07, 6.45) is 19.9. The predicted octanol–water partition coefficient (Wildman–Crippen LogP) is 6.09. The lowest BCUT2D eigenvalue weighted by molar-refractivity contribution is 0.241. The molecule has 0 radical (unpaired) electrons. The van der Waals surface area contributed by atoms with Gasteiger partial charge in [0.05, 0.1) is 11.7 Å². The molecule has 6 rings (SSSR count). The Labute approximate surface area is 221 Å². The summed E-state index contributed by atoms with van der Waals surface area (Å²) in [4.78, 5) is 20.4. The number of nitrogens with zero attached hydrogens (tertiary/aromatic N) is 3. The molecule has 38 heavy (non-hydrogen) atoms. The lowest BCUT2D eigenvalue weighted by atomic mass is 9.91. The quantitative estimate of drug-likeness (QED) is 0.298. The number of aromatic amines is 1. The van der Waals surface area contributed by atoms with Gasteiger partial charge in [0.1, 0.15) is 5.65 Å². The maximum atomic E-state index is 12.8. The minimum Gasteiger partial charge on any atom is -0.346 e. The highest BCUT2D eigenvalue weighted by molar-refractivity contribution is 5.96. The number of fused-ring (bicyclic) bond motifs is 1. The third-order valence-electron chi connectivity index (χ3n) is 7.08. The van der Waals surface area contributed by atoms with Gasteiger partial charge in [0.25, 0.3) is 0 Å². The first-order chi connectivity index (χ1) is 18.7. The second-order valence-corrected chi connectivity index (χ2v) is 9.58. The van der Waals surface area contributed by atoms with Crippen LogP contribution in [-0.4, -0.2) is 31.8 Å². The van der Waals surface area contributed by atoms with Crippen LogP contribution in [0.25, 0.3) is 27.7 Å². The lowest BCUT2D eigenvalue weighted by Gasteiger charge is -2.21. The fourth-order valence-corrected chi connectivity index (χ4v) is 5.13. The number of pyridine rings is 1. The third kappa shape index (κ3) is 4.83. The van der Waals surface area contributed by atoms with E-state index in [-0.39, 0.29) is 18.0 Å². The highest BCUT2D eigenvalue weighted by Gasteiger charge is 2.20. The molecular weight excluding hydrogens is 472 g/mol. The normalized spacial score (nSPS) is 18.8. The van der Waals surface area contributed by atoms with Gasteiger partial charge < -0.3 is 15.6 Å². The number of allylic oxidation sites excluding steroid dienone is 5. The maximum absolute atomic E-state index is 12.8. The Bertz CT molecular complexity index is 1590. The Balaban J connectivity index is 1.14. The van der Waals surface area contributed by atoms with Gasteiger partial charge in [-0.15, -0.1) is 0 Å². The number of urea groups is 1. The van der Waals surface area contributed by atoms with E-state index >= 15 is 0 Å². The van der Waals surface area contributed by atoms with Crippen LogP contribution in [0.3, 0.4) is 0 Å². The van der Waals surface area contributed by atoms with E-state index < -0.39 is 0 Å². The number of nitrogens with one attached hydrogen (secondary N) is 3. The second kappa shape index (κ2) is 10.4. The molecule has 3 heterocycles. The third-order valence-corrected chi connectivity index (χ3v) is 7.08. The van der Waals surface area contributed by atoms with Gasteiger partial charge in [0.15, 0.2) is 0 Å². The van der Waals surface area contributed by atoms with Crippen LogP contribution >= 0.6 is 0 Å². The van der Waals surface area contributed by atoms with Gasteiger partial charge in [-0.3, -0.25) is 4.68 Å². The van der Waals surface area contributed by atoms with Gasteiger partial charge in [0, 0.05) is 47.7 Å². The Morgan fingerprint density at radius 1 is 1.11 bits per heavy atom. The summed E-state index contributed by atoms with van der Waals surface area (Å²) in [7, 11) is 0. The van der Waals surface area contributed by atoms with E-state index in [1.54, 1.807) is 0 Å². The van der Waals surface area contributed by atoms with E-state index in [4.69, 9.17) is 5.10 Å². The Morgan fingerprint density at radius 2 is 2.00 bits per heavy atom. The minimum atomic E-state index is -0.205. The second-order valence-electron chi connectivity index (χ2n) is 9.58. The van der Waals surface area contributed by atoms with Crippen molar-refractivity contribution in [3.63, 3.8) is 0 Å². The van der Waals surface area contributed by atoms with E-state index in [1.165, 1.54) is 5.56 Å². The summed E-state index contributed by atoms with van der Waals surface area (Å²) >= 11 is 0. The average Bonchev–Trinajstić information content (AvgIpc) is 3.61. The van der Waals surface area contributed by atoms with Crippen LogP contribution in [-0.2, 0) is 6.54 Å². The molecule has 4 aromatic rings. The Hall–Kier alpha value is -4.65. The van der Waals surface area contributed by atoms with Crippen LogP contribution in [0.2, 0.25) is 0 Å². The molecule has 0 saturated carbocycles. The zero-order valence-corrected chi connectivity index (χ0v) is 21.3. The first-order valence-corrected chi connectivity index (χ1v) is 13.1. The van der Waals surface area contributed by atoms with Gasteiger partial charge >= 0.3 is 6.03 Å². The maximum Gasteiger partial charge on any atom is 0.319 e. The molecule has 0 bridgehead atoms. The van der Waals surface area contributed by atoms with Crippen LogP contribution in [0, 0.1) is 0 Å². The number of benzene rings is 1. The molecule has 0 aliphatic heterocycles. The number of carbonyl (C=O) groups is 1. The van der Waals surface area contributed by atoms with E-state index in [0.717, 1.165) is 52.1 Å². The molecule has 2 aliphatic rings. The molecule has 2 atom stereocenters. The number of aryl methyl sites for hydroxylation is 1. The van der Waals surface area contributed by atoms with Crippen LogP contribution in [0.4, 0.5) is 4.79 Å². The highest BCUT2D eigenvalue weighted by Crippen LogP contribution is 2.34. The lowest BCUT2D eigenvalue weighted by Crippen LogP contribution is -2.41. The van der Waals surface area contributed by atoms with E-state index in [1.807, 2.05) is 59.6 Å². The Morgan fingerprint density at radius 3 is 2.82 bits per heavy atom. The van der Waals surface area contributed by atoms with Gasteiger partial charge in [-0.25, -0.2) is 9.78 Å². The molecule has 2 aliphatic carbocycles. The van der Waals surface area contributed by atoms with Crippen molar-refractivity contribution in [1.82, 2.24) is 30.4 Å². The summed E-state index contributed by atoms with van der Waals surface area (Å²) in [6.45, 7) is 2.87. The van der Waals surface area contributed by atoms with E-state index in [9.17, 15) is 4.79 Å². The molecule has 2 unspecified atom stereocenters. The molecule has 0 saturated heterocycles. The predicted molar refractivity (Wildman–Crippen MR) is 151 cm³/mol. The minimum absolute atomic E-state index is 0.0918. The fraction of sp³-hybridized carbons (Fsp3) is 0.194. The van der Waals surface area contributed by atoms with Crippen molar-refractivity contribution < 1.29 is 4.79 Å². The largest absolute Gasteiger partial charge is 0.346 e. The molecule has 3 N–H and O–H groups in total. The first-order valence-electron chi connectivity index (χ1n) is 13.1. The topological polar surface area (TPSA) is 87.6 Å². The summed E-state index contributed by atoms with van der Waals surface area (Å²) in [5.74, 6) is 0.265. The number of rotatable bonds is 6. The summed E-state index contributed by atoms with van der Waals surface area (Å²) < 4.78 is 1.96. The summed E-state index contributed by atoms with van der Waals surface area (Å²) in [5, 5.41) is 12.0. The summed E-state index contributed by atoms with van der Waals surface area (Å²) in [5.41, 5.74) is 7.09. The number of carbonyl (C=O) groups excluding carboxylic acids is 1. The first kappa shape index (κ1) is 23.7. The number of aromatic nitrogens is 4. The zero-order chi connectivity index (χ0) is 25.9. The van der Waals surface area contributed by atoms with Crippen molar-refractivity contribution in [3.05, 3.63) is 114 Å². The van der Waals surface area contributed by atoms with Crippen molar-refractivity contribution in [2.75, 3.05) is 0 Å². The summed E-state index contributed by atoms with van der Waals surface area (Å²) in [6, 6.07) is 14.2. The number of amides is 2. The average molecular weight is 503 g/mol. The smallest absolute Gasteiger partial charge is 0.319 e. The molecule has 0 fully saturated rings. The Kier molecular flexibility index (Phi) is 6.48. The van der Waals surface area contributed by atoms with Crippen molar-refractivity contribution >= 4 is 22.6 Å². The molecule has 0 spiro atoms. The molecule has 1 aromatic carbocycles. The van der Waals surface area contributed by atoms with E-state index in [2.05, 4.69) is 70.2 Å². The van der Waals surface area contributed by atoms with Crippen molar-refractivity contribution in [3.8, 4) is 11.1 Å². The van der Waals surface area contributed by atoms with Crippen LogP contribution < -0.4 is 10.6 Å². The fourth-order valence-electron chi connectivity index (χ4n) is 5.13. The van der Waals surface area contributed by atoms with Crippen molar-refractivity contribution in [1.29, 1.82) is 0 Å². The van der Waals surface area contributed by atoms with Gasteiger partial charge in [-0.05, 0) is 54.7 Å². The molecular formula is C31H30N6O. The molecule has 3 aromatic heterocycles. The van der Waals surface area contributed by atoms with Gasteiger partial charge in [-0.1, -0.05) is 60.7 Å². The van der Waals surface area contributed by atoms with Crippen molar-refractivity contribution in [2.24, 2.45) is 0 Å². The monoisotopic (exact) mass is 502 g/mol. The van der Waals surface area contributed by atoms with Crippen molar-refractivity contribution in [2.45, 2.75) is 38.3 Å². The number of H-pyrrole nitrogens is 1. The van der Waals surface area contributed by atoms with E-state index in [0.29, 0.717) is 6.42 Å². The molecule has 2 amide bonds. The molecule has 190 valence electrons. The van der Waals surface area contributed by atoms with Crippen LogP contribution in [0.5, 0.6) is 0 Å². The highest BCUT2D eigenvalue weighted by atomic mass is 16.2. The number of hydrogen-bond donors (Lipinski definition) is 3. The van der Waals surface area contributed by atoms with Gasteiger partial charge in [-0.2, -0.15) is 5.10 Å². The standard InChI is InChI=1S/C31H30N6O/c1-2-37-20-28(26-15-17-32-30-27(26)16-18-33-30)29(36-37)22-11-13-24(14-12-22)34-31(38)35-25-10-6-9-23(19-25)21-7-4-3-5-8-21/h3-8,10-13,15-20,23-24H,2,9,14H2,1H3,(H,32,33)(H2,34,35,38). The molecule has 7 heteroatoms. The zero-order valence-electron chi connectivity index (χ0n) is 21.3. The van der Waals surface area contributed by atoms with Crippen LogP contribution in [0.1, 0.15) is 36.9 Å². The van der Waals surface area contributed by atoms with Gasteiger partial charge in [0.2, 0.25) is 0 Å². The molecule has 7 nitrogen and oxygen atoms in total. The number of hydrogen-bond acceptors (Lipinski definition) is 3. The SMILES string of the molecule is CCn1cc(-c2ccnc3[nH]ccc23)c(C2=CCC(NC(=O)NC3=CC(c4ccccc4)CC=C3)C=C2)n1. The van der Waals surface area contributed by atoms with Crippen LogP contribution in [0.15, 0.2) is 103 Å².